The molecule has 1 aromatic carbocycles. The van der Waals surface area contributed by atoms with Crippen LogP contribution in [0.5, 0.6) is 0 Å². The number of rotatable bonds is 2. The quantitative estimate of drug-likeness (QED) is 0.830. The molecule has 2 aromatic rings. The van der Waals surface area contributed by atoms with E-state index < -0.39 is 10.1 Å². The number of aryl methyl sites for hydroxylation is 2. The fourth-order valence-electron chi connectivity index (χ4n) is 4.31. The van der Waals surface area contributed by atoms with E-state index in [1.54, 1.807) is 0 Å². The second-order valence-electron chi connectivity index (χ2n) is 6.59. The summed E-state index contributed by atoms with van der Waals surface area (Å²) in [6.07, 6.45) is 3.08. The van der Waals surface area contributed by atoms with E-state index in [1.165, 1.54) is 27.7 Å². The minimum absolute atomic E-state index is 0.147. The van der Waals surface area contributed by atoms with Crippen molar-refractivity contribution in [3.8, 4) is 0 Å². The van der Waals surface area contributed by atoms with E-state index in [2.05, 4.69) is 29.7 Å². The van der Waals surface area contributed by atoms with Crippen molar-refractivity contribution in [3.63, 3.8) is 0 Å². The van der Waals surface area contributed by atoms with Crippen molar-refractivity contribution in [2.24, 2.45) is 0 Å². The number of hydrogen-bond donors (Lipinski definition) is 1. The number of fused-ring (bicyclic) bond motifs is 3. The van der Waals surface area contributed by atoms with Crippen molar-refractivity contribution < 1.29 is 17.9 Å². The van der Waals surface area contributed by atoms with Crippen LogP contribution in [-0.2, 0) is 23.1 Å². The fourth-order valence-corrected chi connectivity index (χ4v) is 5.11. The highest BCUT2D eigenvalue weighted by molar-refractivity contribution is 7.85. The third-order valence-electron chi connectivity index (χ3n) is 5.13. The average Bonchev–Trinajstić information content (AvgIpc) is 2.76. The van der Waals surface area contributed by atoms with Crippen LogP contribution >= 0.6 is 0 Å². The molecule has 0 radical (unpaired) electrons. The fraction of sp³-hybridized carbons (Fsp3) is 0.500. The first-order valence-corrected chi connectivity index (χ1v) is 9.41. The van der Waals surface area contributed by atoms with E-state index in [0.717, 1.165) is 30.7 Å². The summed E-state index contributed by atoms with van der Waals surface area (Å²) in [6.45, 7) is 3.59. The standard InChI is InChI=1S/C16H20N2O3S/c1-11-5-6-14-13(9-11)12-3-2-4-15-16(12)18(14)8-7-17(15)10-22(19,20)21/h5-6,9,15H,2-4,7-8,10H2,1H3,(H,19,20,21)/t15-/m1/s1. The van der Waals surface area contributed by atoms with Gasteiger partial charge in [0.25, 0.3) is 0 Å². The van der Waals surface area contributed by atoms with Crippen LogP contribution in [0, 0.1) is 6.92 Å². The molecule has 2 atom stereocenters. The summed E-state index contributed by atoms with van der Waals surface area (Å²) >= 11 is 0. The summed E-state index contributed by atoms with van der Waals surface area (Å²) in [5, 5.41) is 1.31. The summed E-state index contributed by atoms with van der Waals surface area (Å²) < 4.78 is 36.0. The van der Waals surface area contributed by atoms with Crippen molar-refractivity contribution in [2.75, 3.05) is 12.4 Å². The number of nitrogens with zero attached hydrogens (tertiary/aromatic N) is 1. The van der Waals surface area contributed by atoms with Crippen molar-refractivity contribution in [2.45, 2.75) is 38.8 Å². The lowest BCUT2D eigenvalue weighted by Crippen LogP contribution is -3.14. The Labute approximate surface area is 130 Å². The largest absolute Gasteiger partial charge is 0.744 e. The molecule has 0 amide bonds. The molecule has 5 nitrogen and oxygen atoms in total. The zero-order valence-corrected chi connectivity index (χ0v) is 13.4. The first kappa shape index (κ1) is 14.2. The molecule has 4 rings (SSSR count). The molecule has 1 aromatic heterocycles. The van der Waals surface area contributed by atoms with Crippen LogP contribution in [0.15, 0.2) is 18.2 Å². The summed E-state index contributed by atoms with van der Waals surface area (Å²) in [5.41, 5.74) is 5.15. The Hall–Kier alpha value is -1.37. The highest BCUT2D eigenvalue weighted by atomic mass is 32.2. The summed E-state index contributed by atoms with van der Waals surface area (Å²) in [4.78, 5) is 0.919. The second kappa shape index (κ2) is 4.81. The number of quaternary nitrogens is 1. The molecule has 0 saturated heterocycles. The Morgan fingerprint density at radius 3 is 3.00 bits per heavy atom. The van der Waals surface area contributed by atoms with Gasteiger partial charge in [-0.05, 0) is 37.5 Å². The third-order valence-corrected chi connectivity index (χ3v) is 5.85. The maximum Gasteiger partial charge on any atom is 0.168 e. The van der Waals surface area contributed by atoms with E-state index in [-0.39, 0.29) is 11.9 Å². The van der Waals surface area contributed by atoms with Gasteiger partial charge < -0.3 is 14.0 Å². The van der Waals surface area contributed by atoms with Crippen molar-refractivity contribution in [1.29, 1.82) is 0 Å². The lowest BCUT2D eigenvalue weighted by atomic mass is 9.90. The highest BCUT2D eigenvalue weighted by Gasteiger charge is 2.38. The molecule has 22 heavy (non-hydrogen) atoms. The smallest absolute Gasteiger partial charge is 0.168 e. The number of benzene rings is 1. The van der Waals surface area contributed by atoms with Crippen LogP contribution in [0.1, 0.15) is 35.7 Å². The van der Waals surface area contributed by atoms with Gasteiger partial charge in [-0.1, -0.05) is 11.6 Å². The Morgan fingerprint density at radius 2 is 2.23 bits per heavy atom. The van der Waals surface area contributed by atoms with E-state index in [1.807, 2.05) is 0 Å². The van der Waals surface area contributed by atoms with Gasteiger partial charge >= 0.3 is 0 Å². The summed E-state index contributed by atoms with van der Waals surface area (Å²) in [5.74, 6) is -0.294. The zero-order valence-electron chi connectivity index (χ0n) is 12.6. The second-order valence-corrected chi connectivity index (χ2v) is 8.00. The molecule has 118 valence electrons. The molecule has 1 aliphatic heterocycles. The monoisotopic (exact) mass is 320 g/mol. The van der Waals surface area contributed by atoms with Gasteiger partial charge in [-0.15, -0.1) is 0 Å². The molecular weight excluding hydrogens is 300 g/mol. The SMILES string of the molecule is Cc1ccc2c(c1)c1c3n2CC[NH+](CS(=O)(=O)[O-])[C@@H]3CCC1. The highest BCUT2D eigenvalue weighted by Crippen LogP contribution is 2.37. The molecule has 0 fully saturated rings. The molecule has 2 aliphatic rings. The molecule has 2 heterocycles. The van der Waals surface area contributed by atoms with Crippen LogP contribution in [-0.4, -0.2) is 30.0 Å². The summed E-state index contributed by atoms with van der Waals surface area (Å²) in [6, 6.07) is 6.69. The minimum atomic E-state index is -4.19. The Morgan fingerprint density at radius 1 is 1.41 bits per heavy atom. The van der Waals surface area contributed by atoms with Gasteiger partial charge in [0, 0.05) is 17.3 Å². The Bertz CT molecular complexity index is 854. The van der Waals surface area contributed by atoms with Crippen LogP contribution in [0.2, 0.25) is 0 Å². The van der Waals surface area contributed by atoms with Gasteiger partial charge in [0.15, 0.2) is 5.88 Å². The van der Waals surface area contributed by atoms with E-state index in [0.29, 0.717) is 6.54 Å². The summed E-state index contributed by atoms with van der Waals surface area (Å²) in [7, 11) is -4.19. The lowest BCUT2D eigenvalue weighted by Gasteiger charge is -2.37. The molecule has 1 aliphatic carbocycles. The van der Waals surface area contributed by atoms with E-state index >= 15 is 0 Å². The van der Waals surface area contributed by atoms with Crippen molar-refractivity contribution in [1.82, 2.24) is 4.57 Å². The van der Waals surface area contributed by atoms with Gasteiger partial charge in [0.1, 0.15) is 16.2 Å². The van der Waals surface area contributed by atoms with Crippen molar-refractivity contribution in [3.05, 3.63) is 35.0 Å². The van der Waals surface area contributed by atoms with E-state index in [9.17, 15) is 13.0 Å². The molecule has 0 bridgehead atoms. The average molecular weight is 320 g/mol. The number of hydrogen-bond acceptors (Lipinski definition) is 3. The minimum Gasteiger partial charge on any atom is -0.744 e. The first-order chi connectivity index (χ1) is 10.4. The molecular formula is C16H20N2O3S. The van der Waals surface area contributed by atoms with Crippen LogP contribution in [0.25, 0.3) is 10.9 Å². The van der Waals surface area contributed by atoms with Crippen LogP contribution in [0.4, 0.5) is 0 Å². The van der Waals surface area contributed by atoms with Crippen molar-refractivity contribution >= 4 is 21.0 Å². The number of nitrogens with one attached hydrogen (secondary N) is 1. The Kier molecular flexibility index (Phi) is 3.11. The molecule has 0 spiro atoms. The molecule has 6 heteroatoms. The number of aromatic nitrogens is 1. The first-order valence-electron chi connectivity index (χ1n) is 7.84. The normalized spacial score (nSPS) is 24.5. The maximum absolute atomic E-state index is 11.2. The van der Waals surface area contributed by atoms with E-state index in [4.69, 9.17) is 0 Å². The van der Waals surface area contributed by atoms with Gasteiger partial charge in [0.05, 0.1) is 18.8 Å². The van der Waals surface area contributed by atoms with Gasteiger partial charge in [-0.2, -0.15) is 0 Å². The molecule has 1 N–H and O–H groups in total. The molecule has 0 saturated carbocycles. The predicted molar refractivity (Wildman–Crippen MR) is 82.7 cm³/mol. The lowest BCUT2D eigenvalue weighted by molar-refractivity contribution is -0.925. The van der Waals surface area contributed by atoms with Crippen LogP contribution < -0.4 is 4.90 Å². The van der Waals surface area contributed by atoms with Crippen LogP contribution in [0.3, 0.4) is 0 Å². The maximum atomic E-state index is 11.2. The van der Waals surface area contributed by atoms with Gasteiger partial charge in [0.2, 0.25) is 0 Å². The third kappa shape index (κ3) is 2.17. The molecule has 1 unspecified atom stereocenters. The topological polar surface area (TPSA) is 66.6 Å². The Balaban J connectivity index is 1.88. The zero-order chi connectivity index (χ0) is 15.5. The van der Waals surface area contributed by atoms with Gasteiger partial charge in [-0.3, -0.25) is 0 Å². The predicted octanol–water partition coefficient (Wildman–Crippen LogP) is 0.728. The van der Waals surface area contributed by atoms with Gasteiger partial charge in [-0.25, -0.2) is 8.42 Å².